The summed E-state index contributed by atoms with van der Waals surface area (Å²) >= 11 is 0. The number of piperidine rings is 1. The second kappa shape index (κ2) is 5.67. The molecular weight excluding hydrogens is 252 g/mol. The third kappa shape index (κ3) is 2.56. The van der Waals surface area contributed by atoms with Gasteiger partial charge in [0.05, 0.1) is 0 Å². The third-order valence-corrected chi connectivity index (χ3v) is 4.14. The van der Waals surface area contributed by atoms with Crippen LogP contribution in [0, 0.1) is 5.92 Å². The van der Waals surface area contributed by atoms with E-state index in [2.05, 4.69) is 4.98 Å². The zero-order valence-electron chi connectivity index (χ0n) is 11.5. The Morgan fingerprint density at radius 1 is 1.40 bits per heavy atom. The average molecular weight is 272 g/mol. The summed E-state index contributed by atoms with van der Waals surface area (Å²) < 4.78 is 0. The maximum absolute atomic E-state index is 12.6. The molecule has 0 saturated carbocycles. The molecule has 1 amide bonds. The van der Waals surface area contributed by atoms with Gasteiger partial charge in [-0.1, -0.05) is 0 Å². The molecule has 0 aliphatic carbocycles. The highest BCUT2D eigenvalue weighted by atomic mass is 16.3. The lowest BCUT2D eigenvalue weighted by Gasteiger charge is -2.32. The lowest BCUT2D eigenvalue weighted by atomic mass is 9.94. The first-order chi connectivity index (χ1) is 9.78. The van der Waals surface area contributed by atoms with Crippen LogP contribution in [0.1, 0.15) is 29.6 Å². The van der Waals surface area contributed by atoms with Crippen LogP contribution in [0.15, 0.2) is 30.5 Å². The Labute approximate surface area is 118 Å². The Morgan fingerprint density at radius 2 is 2.30 bits per heavy atom. The van der Waals surface area contributed by atoms with E-state index in [4.69, 9.17) is 5.11 Å². The number of likely N-dealkylation sites (tertiary alicyclic amines) is 1. The van der Waals surface area contributed by atoms with E-state index in [0.717, 1.165) is 48.8 Å². The van der Waals surface area contributed by atoms with Crippen molar-refractivity contribution in [2.45, 2.75) is 19.3 Å². The van der Waals surface area contributed by atoms with Crippen molar-refractivity contribution in [1.29, 1.82) is 0 Å². The molecule has 20 heavy (non-hydrogen) atoms. The highest BCUT2D eigenvalue weighted by Crippen LogP contribution is 2.22. The fourth-order valence-electron chi connectivity index (χ4n) is 3.04. The van der Waals surface area contributed by atoms with Crippen molar-refractivity contribution in [3.8, 4) is 0 Å². The number of nitrogens with zero attached hydrogens (tertiary/aromatic N) is 1. The van der Waals surface area contributed by atoms with Gasteiger partial charge in [-0.05, 0) is 49.4 Å². The number of benzene rings is 1. The van der Waals surface area contributed by atoms with E-state index in [-0.39, 0.29) is 12.5 Å². The van der Waals surface area contributed by atoms with E-state index in [9.17, 15) is 4.79 Å². The van der Waals surface area contributed by atoms with Crippen molar-refractivity contribution in [2.75, 3.05) is 19.7 Å². The molecule has 0 spiro atoms. The predicted octanol–water partition coefficient (Wildman–Crippen LogP) is 2.40. The summed E-state index contributed by atoms with van der Waals surface area (Å²) in [5.41, 5.74) is 1.81. The standard InChI is InChI=1S/C16H20N2O2/c19-9-6-12-2-1-8-18(11-12)16(20)14-3-4-15-13(10-14)5-7-17-15/h3-5,7,10,12,17,19H,1-2,6,8-9,11H2. The van der Waals surface area contributed by atoms with Crippen LogP contribution in [-0.2, 0) is 0 Å². The molecule has 4 heteroatoms. The number of rotatable bonds is 3. The number of H-pyrrole nitrogens is 1. The van der Waals surface area contributed by atoms with Crippen LogP contribution in [0.5, 0.6) is 0 Å². The van der Waals surface area contributed by atoms with Gasteiger partial charge in [0.1, 0.15) is 0 Å². The van der Waals surface area contributed by atoms with Crippen LogP contribution in [0.25, 0.3) is 10.9 Å². The Balaban J connectivity index is 1.77. The zero-order valence-corrected chi connectivity index (χ0v) is 11.5. The normalized spacial score (nSPS) is 19.4. The van der Waals surface area contributed by atoms with Crippen molar-refractivity contribution in [1.82, 2.24) is 9.88 Å². The molecule has 1 aromatic heterocycles. The molecule has 1 aliphatic rings. The van der Waals surface area contributed by atoms with Gasteiger partial charge in [0, 0.05) is 42.4 Å². The second-order valence-electron chi connectivity index (χ2n) is 5.55. The number of hydrogen-bond acceptors (Lipinski definition) is 2. The van der Waals surface area contributed by atoms with Crippen molar-refractivity contribution < 1.29 is 9.90 Å². The molecule has 0 radical (unpaired) electrons. The molecular formula is C16H20N2O2. The van der Waals surface area contributed by atoms with Gasteiger partial charge >= 0.3 is 0 Å². The Bertz CT molecular complexity index is 603. The number of aromatic amines is 1. The van der Waals surface area contributed by atoms with E-state index in [1.54, 1.807) is 0 Å². The second-order valence-corrected chi connectivity index (χ2v) is 5.55. The van der Waals surface area contributed by atoms with Gasteiger partial charge in [0.25, 0.3) is 5.91 Å². The summed E-state index contributed by atoms with van der Waals surface area (Å²) in [5, 5.41) is 10.1. The smallest absolute Gasteiger partial charge is 0.253 e. The first-order valence-electron chi connectivity index (χ1n) is 7.25. The van der Waals surface area contributed by atoms with E-state index < -0.39 is 0 Å². The fourth-order valence-corrected chi connectivity index (χ4v) is 3.04. The Morgan fingerprint density at radius 3 is 3.15 bits per heavy atom. The maximum atomic E-state index is 12.6. The number of amides is 1. The minimum Gasteiger partial charge on any atom is -0.396 e. The van der Waals surface area contributed by atoms with E-state index in [1.807, 2.05) is 35.4 Å². The minimum absolute atomic E-state index is 0.107. The molecule has 1 saturated heterocycles. The van der Waals surface area contributed by atoms with Crippen LogP contribution in [0.3, 0.4) is 0 Å². The molecule has 1 unspecified atom stereocenters. The van der Waals surface area contributed by atoms with Crippen molar-refractivity contribution in [2.24, 2.45) is 5.92 Å². The number of hydrogen-bond donors (Lipinski definition) is 2. The lowest BCUT2D eigenvalue weighted by molar-refractivity contribution is 0.0654. The molecule has 2 N–H and O–H groups in total. The van der Waals surface area contributed by atoms with E-state index in [1.165, 1.54) is 0 Å². The number of aliphatic hydroxyl groups excluding tert-OH is 1. The van der Waals surface area contributed by atoms with Gasteiger partial charge in [0.15, 0.2) is 0 Å². The topological polar surface area (TPSA) is 56.3 Å². The molecule has 0 bridgehead atoms. The summed E-state index contributed by atoms with van der Waals surface area (Å²) in [6, 6.07) is 7.77. The molecule has 2 aromatic rings. The summed E-state index contributed by atoms with van der Waals surface area (Å²) in [6.45, 7) is 1.80. The summed E-state index contributed by atoms with van der Waals surface area (Å²) in [7, 11) is 0. The number of nitrogens with one attached hydrogen (secondary N) is 1. The highest BCUT2D eigenvalue weighted by molar-refractivity contribution is 5.98. The fraction of sp³-hybridized carbons (Fsp3) is 0.438. The van der Waals surface area contributed by atoms with E-state index >= 15 is 0 Å². The minimum atomic E-state index is 0.107. The number of carbonyl (C=O) groups is 1. The monoisotopic (exact) mass is 272 g/mol. The SMILES string of the molecule is O=C(c1ccc2[nH]ccc2c1)N1CCCC(CCO)C1. The first-order valence-corrected chi connectivity index (χ1v) is 7.25. The van der Waals surface area contributed by atoms with Gasteiger partial charge < -0.3 is 15.0 Å². The molecule has 1 fully saturated rings. The number of aromatic nitrogens is 1. The molecule has 106 valence electrons. The first kappa shape index (κ1) is 13.2. The maximum Gasteiger partial charge on any atom is 0.253 e. The number of carbonyl (C=O) groups excluding carboxylic acids is 1. The molecule has 1 aromatic carbocycles. The zero-order chi connectivity index (χ0) is 13.9. The van der Waals surface area contributed by atoms with Crippen molar-refractivity contribution >= 4 is 16.8 Å². The van der Waals surface area contributed by atoms with Gasteiger partial charge in [-0.25, -0.2) is 0 Å². The van der Waals surface area contributed by atoms with Crippen molar-refractivity contribution in [3.05, 3.63) is 36.0 Å². The average Bonchev–Trinajstić information content (AvgIpc) is 2.94. The molecule has 1 aliphatic heterocycles. The molecule has 2 heterocycles. The van der Waals surface area contributed by atoms with Crippen LogP contribution < -0.4 is 0 Å². The molecule has 1 atom stereocenters. The molecule has 4 nitrogen and oxygen atoms in total. The van der Waals surface area contributed by atoms with E-state index in [0.29, 0.717) is 5.92 Å². The third-order valence-electron chi connectivity index (χ3n) is 4.14. The van der Waals surface area contributed by atoms with Gasteiger partial charge in [-0.3, -0.25) is 4.79 Å². The van der Waals surface area contributed by atoms with Crippen LogP contribution in [-0.4, -0.2) is 40.6 Å². The largest absolute Gasteiger partial charge is 0.396 e. The predicted molar refractivity (Wildman–Crippen MR) is 78.6 cm³/mol. The quantitative estimate of drug-likeness (QED) is 0.901. The van der Waals surface area contributed by atoms with Crippen LogP contribution in [0.2, 0.25) is 0 Å². The summed E-state index contributed by atoms with van der Waals surface area (Å²) in [5.74, 6) is 0.546. The summed E-state index contributed by atoms with van der Waals surface area (Å²) in [4.78, 5) is 17.6. The van der Waals surface area contributed by atoms with Gasteiger partial charge in [-0.2, -0.15) is 0 Å². The number of fused-ring (bicyclic) bond motifs is 1. The Hall–Kier alpha value is -1.81. The number of aliphatic hydroxyl groups is 1. The lowest BCUT2D eigenvalue weighted by Crippen LogP contribution is -2.40. The molecule has 3 rings (SSSR count). The van der Waals surface area contributed by atoms with Crippen molar-refractivity contribution in [3.63, 3.8) is 0 Å². The van der Waals surface area contributed by atoms with Crippen LogP contribution >= 0.6 is 0 Å². The van der Waals surface area contributed by atoms with Crippen LogP contribution in [0.4, 0.5) is 0 Å². The summed E-state index contributed by atoms with van der Waals surface area (Å²) in [6.07, 6.45) is 4.82. The van der Waals surface area contributed by atoms with Gasteiger partial charge in [-0.15, -0.1) is 0 Å². The van der Waals surface area contributed by atoms with Gasteiger partial charge in [0.2, 0.25) is 0 Å². The Kier molecular flexibility index (Phi) is 3.74. The highest BCUT2D eigenvalue weighted by Gasteiger charge is 2.24.